The molecule has 0 amide bonds. The fraction of sp³-hybridized carbons (Fsp3) is 0.250. The molecule has 0 fully saturated rings. The standard InChI is InChI=1S/C8H7F3O2S/c1-5-4-6(2-3-7(5)9)14(12,13)8(10)11/h2-4,8H,1H3. The third kappa shape index (κ3) is 1.89. The average Bonchev–Trinajstić information content (AvgIpc) is 2.09. The van der Waals surface area contributed by atoms with Crippen LogP contribution in [0.2, 0.25) is 0 Å². The van der Waals surface area contributed by atoms with Gasteiger partial charge in [0.05, 0.1) is 4.90 Å². The van der Waals surface area contributed by atoms with Gasteiger partial charge in [-0.25, -0.2) is 12.8 Å². The average molecular weight is 224 g/mol. The maximum atomic E-state index is 12.7. The Hall–Kier alpha value is -1.04. The number of sulfone groups is 1. The van der Waals surface area contributed by atoms with E-state index in [4.69, 9.17) is 0 Å². The summed E-state index contributed by atoms with van der Waals surface area (Å²) in [6.45, 7) is 1.31. The van der Waals surface area contributed by atoms with Gasteiger partial charge in [0.15, 0.2) is 0 Å². The lowest BCUT2D eigenvalue weighted by Gasteiger charge is -2.04. The van der Waals surface area contributed by atoms with Crippen LogP contribution in [0.1, 0.15) is 5.56 Å². The van der Waals surface area contributed by atoms with Gasteiger partial charge in [-0.15, -0.1) is 0 Å². The third-order valence-corrected chi connectivity index (χ3v) is 3.07. The molecule has 1 rings (SSSR count). The lowest BCUT2D eigenvalue weighted by molar-refractivity contribution is 0.234. The van der Waals surface area contributed by atoms with Gasteiger partial charge < -0.3 is 0 Å². The van der Waals surface area contributed by atoms with Crippen LogP contribution in [0, 0.1) is 12.7 Å². The molecule has 78 valence electrons. The molecule has 0 N–H and O–H groups in total. The quantitative estimate of drug-likeness (QED) is 0.721. The van der Waals surface area contributed by atoms with E-state index in [9.17, 15) is 21.6 Å². The molecule has 0 saturated carbocycles. The first-order valence-corrected chi connectivity index (χ1v) is 5.18. The minimum absolute atomic E-state index is 0.0201. The third-order valence-electron chi connectivity index (χ3n) is 1.69. The smallest absolute Gasteiger partial charge is 0.218 e. The Morgan fingerprint density at radius 2 is 1.86 bits per heavy atom. The summed E-state index contributed by atoms with van der Waals surface area (Å²) in [5, 5.41) is 0. The van der Waals surface area contributed by atoms with Crippen LogP contribution in [-0.4, -0.2) is 14.2 Å². The zero-order chi connectivity index (χ0) is 10.9. The Balaban J connectivity index is 3.29. The van der Waals surface area contributed by atoms with Gasteiger partial charge in [-0.1, -0.05) is 0 Å². The van der Waals surface area contributed by atoms with E-state index >= 15 is 0 Å². The van der Waals surface area contributed by atoms with Crippen LogP contribution in [-0.2, 0) is 9.84 Å². The minimum Gasteiger partial charge on any atom is -0.218 e. The Bertz CT molecular complexity index is 440. The largest absolute Gasteiger partial charge is 0.341 e. The molecular formula is C8H7F3O2S. The number of rotatable bonds is 2. The van der Waals surface area contributed by atoms with Crippen LogP contribution in [0.3, 0.4) is 0 Å². The topological polar surface area (TPSA) is 34.1 Å². The second kappa shape index (κ2) is 3.61. The van der Waals surface area contributed by atoms with Crippen molar-refractivity contribution >= 4 is 9.84 Å². The van der Waals surface area contributed by atoms with E-state index in [0.717, 1.165) is 18.2 Å². The molecule has 0 spiro atoms. The van der Waals surface area contributed by atoms with Gasteiger partial charge >= 0.3 is 5.76 Å². The summed E-state index contributed by atoms with van der Waals surface area (Å²) in [4.78, 5) is -0.564. The highest BCUT2D eigenvalue weighted by Crippen LogP contribution is 2.20. The van der Waals surface area contributed by atoms with E-state index in [2.05, 4.69) is 0 Å². The number of halogens is 3. The van der Waals surface area contributed by atoms with E-state index in [1.165, 1.54) is 6.92 Å². The molecule has 6 heteroatoms. The van der Waals surface area contributed by atoms with E-state index < -0.39 is 26.3 Å². The molecule has 0 heterocycles. The Labute approximate surface area is 79.3 Å². The predicted molar refractivity (Wildman–Crippen MR) is 44.3 cm³/mol. The van der Waals surface area contributed by atoms with Crippen molar-refractivity contribution in [2.45, 2.75) is 17.6 Å². The van der Waals surface area contributed by atoms with Gasteiger partial charge in [-0.3, -0.25) is 0 Å². The zero-order valence-electron chi connectivity index (χ0n) is 7.17. The first-order chi connectivity index (χ1) is 6.35. The second-order valence-corrected chi connectivity index (χ2v) is 4.63. The zero-order valence-corrected chi connectivity index (χ0v) is 7.98. The fourth-order valence-corrected chi connectivity index (χ4v) is 1.70. The lowest BCUT2D eigenvalue weighted by atomic mass is 10.2. The van der Waals surface area contributed by atoms with Crippen molar-refractivity contribution in [3.05, 3.63) is 29.6 Å². The van der Waals surface area contributed by atoms with Crippen molar-refractivity contribution in [1.82, 2.24) is 0 Å². The van der Waals surface area contributed by atoms with Crippen molar-refractivity contribution in [3.8, 4) is 0 Å². The first kappa shape index (κ1) is 11.0. The normalized spacial score (nSPS) is 12.1. The molecule has 0 saturated heterocycles. The lowest BCUT2D eigenvalue weighted by Crippen LogP contribution is -2.11. The molecule has 0 aliphatic carbocycles. The minimum atomic E-state index is -4.62. The molecular weight excluding hydrogens is 217 g/mol. The molecule has 2 nitrogen and oxygen atoms in total. The Morgan fingerprint density at radius 3 is 2.29 bits per heavy atom. The summed E-state index contributed by atoms with van der Waals surface area (Å²) >= 11 is 0. The molecule has 0 unspecified atom stereocenters. The maximum Gasteiger partial charge on any atom is 0.341 e. The molecule has 0 atom stereocenters. The molecule has 0 aliphatic heterocycles. The van der Waals surface area contributed by atoms with Crippen LogP contribution in [0.25, 0.3) is 0 Å². The summed E-state index contributed by atoms with van der Waals surface area (Å²) in [7, 11) is -4.62. The van der Waals surface area contributed by atoms with Gasteiger partial charge in [-0.2, -0.15) is 8.78 Å². The molecule has 1 aromatic carbocycles. The van der Waals surface area contributed by atoms with E-state index in [1.807, 2.05) is 0 Å². The van der Waals surface area contributed by atoms with Crippen LogP contribution in [0.15, 0.2) is 23.1 Å². The van der Waals surface area contributed by atoms with Gasteiger partial charge in [-0.05, 0) is 30.7 Å². The van der Waals surface area contributed by atoms with Crippen LogP contribution in [0.4, 0.5) is 13.2 Å². The van der Waals surface area contributed by atoms with Gasteiger partial charge in [0, 0.05) is 0 Å². The number of hydrogen-bond donors (Lipinski definition) is 0. The number of hydrogen-bond acceptors (Lipinski definition) is 2. The SMILES string of the molecule is Cc1cc(S(=O)(=O)C(F)F)ccc1F. The van der Waals surface area contributed by atoms with E-state index in [-0.39, 0.29) is 5.56 Å². The molecule has 0 aromatic heterocycles. The second-order valence-electron chi connectivity index (χ2n) is 2.72. The molecule has 0 radical (unpaired) electrons. The highest BCUT2D eigenvalue weighted by atomic mass is 32.2. The van der Waals surface area contributed by atoms with Crippen molar-refractivity contribution in [3.63, 3.8) is 0 Å². The van der Waals surface area contributed by atoms with Crippen molar-refractivity contribution in [2.75, 3.05) is 0 Å². The number of aryl methyl sites for hydroxylation is 1. The van der Waals surface area contributed by atoms with E-state index in [1.54, 1.807) is 0 Å². The summed E-state index contributed by atoms with van der Waals surface area (Å²) in [5.74, 6) is -4.11. The van der Waals surface area contributed by atoms with E-state index in [0.29, 0.717) is 0 Å². The van der Waals surface area contributed by atoms with Gasteiger partial charge in [0.1, 0.15) is 5.82 Å². The summed E-state index contributed by atoms with van der Waals surface area (Å²) < 4.78 is 58.6. The maximum absolute atomic E-state index is 12.7. The van der Waals surface area contributed by atoms with Gasteiger partial charge in [0.2, 0.25) is 9.84 Å². The molecule has 0 bridgehead atoms. The summed E-state index contributed by atoms with van der Waals surface area (Å²) in [6.07, 6.45) is 0. The van der Waals surface area contributed by atoms with Crippen molar-refractivity contribution in [1.29, 1.82) is 0 Å². The van der Waals surface area contributed by atoms with Gasteiger partial charge in [0.25, 0.3) is 0 Å². The van der Waals surface area contributed by atoms with Crippen molar-refractivity contribution < 1.29 is 21.6 Å². The Morgan fingerprint density at radius 1 is 1.29 bits per heavy atom. The van der Waals surface area contributed by atoms with Crippen LogP contribution < -0.4 is 0 Å². The van der Waals surface area contributed by atoms with Crippen LogP contribution in [0.5, 0.6) is 0 Å². The highest BCUT2D eigenvalue weighted by molar-refractivity contribution is 7.91. The molecule has 0 aliphatic rings. The molecule has 14 heavy (non-hydrogen) atoms. The Kier molecular flexibility index (Phi) is 2.84. The summed E-state index contributed by atoms with van der Waals surface area (Å²) in [6, 6.07) is 2.56. The monoisotopic (exact) mass is 224 g/mol. The van der Waals surface area contributed by atoms with Crippen molar-refractivity contribution in [2.24, 2.45) is 0 Å². The summed E-state index contributed by atoms with van der Waals surface area (Å²) in [5.41, 5.74) is 0.0201. The number of benzene rings is 1. The fourth-order valence-electron chi connectivity index (χ4n) is 0.897. The highest BCUT2D eigenvalue weighted by Gasteiger charge is 2.26. The molecule has 1 aromatic rings. The predicted octanol–water partition coefficient (Wildman–Crippen LogP) is 2.13. The first-order valence-electron chi connectivity index (χ1n) is 3.64. The van der Waals surface area contributed by atoms with Crippen LogP contribution >= 0.6 is 0 Å². The number of alkyl halides is 2.